The van der Waals surface area contributed by atoms with Gasteiger partial charge in [0.15, 0.2) is 0 Å². The van der Waals surface area contributed by atoms with Crippen LogP contribution in [0.15, 0.2) is 36.4 Å². The van der Waals surface area contributed by atoms with Gasteiger partial charge in [-0.2, -0.15) is 0 Å². The van der Waals surface area contributed by atoms with Crippen LogP contribution in [0.1, 0.15) is 70.4 Å². The van der Waals surface area contributed by atoms with Crippen LogP contribution in [0.25, 0.3) is 22.0 Å². The molecule has 0 saturated heterocycles. The Bertz CT molecular complexity index is 1490. The van der Waals surface area contributed by atoms with Gasteiger partial charge in [-0.25, -0.2) is 18.4 Å². The van der Waals surface area contributed by atoms with Gasteiger partial charge in [0.1, 0.15) is 28.5 Å². The molecular formula is C31H38F2N4O5. The van der Waals surface area contributed by atoms with Gasteiger partial charge in [-0.1, -0.05) is 6.07 Å². The van der Waals surface area contributed by atoms with Gasteiger partial charge in [0.25, 0.3) is 5.91 Å². The first kappa shape index (κ1) is 30.8. The number of ether oxygens (including phenoxy) is 2. The van der Waals surface area contributed by atoms with Crippen molar-refractivity contribution >= 4 is 29.0 Å². The standard InChI is InChI=1S/C31H38F2N4O5/c1-30(2,3)41-28(39)34-13-7-8-21(35-29(40)42-31(4,5)6)17-37-16-18-14-19(32)9-11-22(18)25-23-15-20(33)10-12-24(23)36-26(25)27(37)38/h9-12,14-15,21,36H,7-8,13,16-17H2,1-6H3,(H,34,39)(H,35,40)/t21-/m0/s1. The van der Waals surface area contributed by atoms with Crippen LogP contribution in [0.2, 0.25) is 0 Å². The molecule has 3 amide bonds. The van der Waals surface area contributed by atoms with Gasteiger partial charge in [-0.05, 0) is 95.8 Å². The highest BCUT2D eigenvalue weighted by Crippen LogP contribution is 2.39. The molecule has 1 aromatic heterocycles. The molecule has 4 rings (SSSR count). The molecule has 1 aliphatic rings. The highest BCUT2D eigenvalue weighted by molar-refractivity contribution is 6.11. The summed E-state index contributed by atoms with van der Waals surface area (Å²) < 4.78 is 39.4. The maximum absolute atomic E-state index is 14.4. The fourth-order valence-corrected chi connectivity index (χ4v) is 4.93. The molecule has 11 heteroatoms. The molecule has 0 radical (unpaired) electrons. The van der Waals surface area contributed by atoms with Crippen molar-refractivity contribution in [3.8, 4) is 11.1 Å². The highest BCUT2D eigenvalue weighted by atomic mass is 19.1. The van der Waals surface area contributed by atoms with Crippen molar-refractivity contribution in [2.24, 2.45) is 0 Å². The number of aromatic amines is 1. The lowest BCUT2D eigenvalue weighted by molar-refractivity contribution is 0.0465. The minimum atomic E-state index is -0.740. The van der Waals surface area contributed by atoms with Gasteiger partial charge in [0.05, 0.1) is 0 Å². The van der Waals surface area contributed by atoms with Gasteiger partial charge in [0.2, 0.25) is 0 Å². The van der Waals surface area contributed by atoms with E-state index in [1.165, 1.54) is 29.2 Å². The molecule has 3 N–H and O–H groups in total. The van der Waals surface area contributed by atoms with E-state index < -0.39 is 41.1 Å². The van der Waals surface area contributed by atoms with Crippen LogP contribution in [0, 0.1) is 11.6 Å². The number of hydrogen-bond donors (Lipinski definition) is 3. The molecular weight excluding hydrogens is 546 g/mol. The molecule has 42 heavy (non-hydrogen) atoms. The van der Waals surface area contributed by atoms with Crippen LogP contribution >= 0.6 is 0 Å². The first-order chi connectivity index (χ1) is 19.6. The molecule has 3 aromatic rings. The summed E-state index contributed by atoms with van der Waals surface area (Å²) in [7, 11) is 0. The van der Waals surface area contributed by atoms with Gasteiger partial charge in [-0.15, -0.1) is 0 Å². The molecule has 9 nitrogen and oxygen atoms in total. The summed E-state index contributed by atoms with van der Waals surface area (Å²) in [5.74, 6) is -1.29. The zero-order valence-corrected chi connectivity index (χ0v) is 24.8. The quantitative estimate of drug-likeness (QED) is 0.284. The van der Waals surface area contributed by atoms with Crippen molar-refractivity contribution in [2.75, 3.05) is 13.1 Å². The van der Waals surface area contributed by atoms with Gasteiger partial charge in [-0.3, -0.25) is 4.79 Å². The summed E-state index contributed by atoms with van der Waals surface area (Å²) in [6, 6.07) is 7.92. The second-order valence-corrected chi connectivity index (χ2v) is 12.5. The van der Waals surface area contributed by atoms with E-state index in [4.69, 9.17) is 9.47 Å². The van der Waals surface area contributed by atoms with Crippen LogP contribution in [-0.4, -0.2) is 58.3 Å². The molecule has 2 heterocycles. The minimum absolute atomic E-state index is 0.0634. The van der Waals surface area contributed by atoms with Crippen LogP contribution in [0.4, 0.5) is 18.4 Å². The molecule has 0 unspecified atom stereocenters. The number of amides is 3. The number of alkyl carbamates (subject to hydrolysis) is 2. The lowest BCUT2D eigenvalue weighted by Crippen LogP contribution is -2.47. The van der Waals surface area contributed by atoms with Gasteiger partial charge >= 0.3 is 12.2 Å². The van der Waals surface area contributed by atoms with E-state index in [1.54, 1.807) is 53.7 Å². The van der Waals surface area contributed by atoms with E-state index in [0.717, 1.165) is 0 Å². The van der Waals surface area contributed by atoms with E-state index in [2.05, 4.69) is 15.6 Å². The fraction of sp³-hybridized carbons (Fsp3) is 0.452. The molecule has 0 aliphatic carbocycles. The van der Waals surface area contributed by atoms with Crippen LogP contribution in [0.5, 0.6) is 0 Å². The number of H-pyrrole nitrogens is 1. The van der Waals surface area contributed by atoms with Crippen LogP contribution in [-0.2, 0) is 16.0 Å². The fourth-order valence-electron chi connectivity index (χ4n) is 4.93. The van der Waals surface area contributed by atoms with Gasteiger partial charge in [0, 0.05) is 42.1 Å². The predicted octanol–water partition coefficient (Wildman–Crippen LogP) is 6.27. The second kappa shape index (κ2) is 12.0. The molecule has 0 spiro atoms. The Morgan fingerprint density at radius 3 is 2.31 bits per heavy atom. The summed E-state index contributed by atoms with van der Waals surface area (Å²) in [6.07, 6.45) is -0.352. The molecule has 0 fully saturated rings. The topological polar surface area (TPSA) is 113 Å². The number of benzene rings is 2. The van der Waals surface area contributed by atoms with Crippen molar-refractivity contribution in [3.63, 3.8) is 0 Å². The third-order valence-corrected chi connectivity index (χ3v) is 6.52. The SMILES string of the molecule is CC(C)(C)OC(=O)NCCC[C@@H](CN1Cc2cc(F)ccc2-c2c([nH]c3ccc(F)cc23)C1=O)NC(=O)OC(C)(C)C. The van der Waals surface area contributed by atoms with Crippen molar-refractivity contribution in [1.29, 1.82) is 0 Å². The Morgan fingerprint density at radius 1 is 0.976 bits per heavy atom. The van der Waals surface area contributed by atoms with Crippen LogP contribution in [0.3, 0.4) is 0 Å². The summed E-state index contributed by atoms with van der Waals surface area (Å²) in [4.78, 5) is 43.4. The number of hydrogen-bond acceptors (Lipinski definition) is 5. The van der Waals surface area contributed by atoms with Crippen molar-refractivity contribution in [3.05, 3.63) is 59.3 Å². The van der Waals surface area contributed by atoms with E-state index in [0.29, 0.717) is 40.4 Å². The maximum atomic E-state index is 14.4. The van der Waals surface area contributed by atoms with Crippen molar-refractivity contribution in [1.82, 2.24) is 20.5 Å². The van der Waals surface area contributed by atoms with Crippen molar-refractivity contribution < 1.29 is 32.6 Å². The number of carbonyl (C=O) groups excluding carboxylic acids is 3. The summed E-state index contributed by atoms with van der Waals surface area (Å²) in [6.45, 7) is 11.0. The first-order valence-electron chi connectivity index (χ1n) is 14.0. The number of carbonyl (C=O) groups is 3. The number of rotatable bonds is 7. The minimum Gasteiger partial charge on any atom is -0.444 e. The Morgan fingerprint density at radius 2 is 1.62 bits per heavy atom. The number of aromatic nitrogens is 1. The third-order valence-electron chi connectivity index (χ3n) is 6.52. The highest BCUT2D eigenvalue weighted by Gasteiger charge is 2.32. The lowest BCUT2D eigenvalue weighted by Gasteiger charge is -2.29. The van der Waals surface area contributed by atoms with Gasteiger partial charge < -0.3 is 30.0 Å². The first-order valence-corrected chi connectivity index (χ1v) is 14.0. The zero-order chi connectivity index (χ0) is 30.8. The van der Waals surface area contributed by atoms with Crippen molar-refractivity contribution in [2.45, 2.75) is 78.2 Å². The van der Waals surface area contributed by atoms with E-state index in [9.17, 15) is 23.2 Å². The smallest absolute Gasteiger partial charge is 0.407 e. The molecule has 1 aliphatic heterocycles. The monoisotopic (exact) mass is 584 g/mol. The molecule has 2 aromatic carbocycles. The second-order valence-electron chi connectivity index (χ2n) is 12.5. The Hall–Kier alpha value is -4.15. The maximum Gasteiger partial charge on any atom is 0.407 e. The largest absolute Gasteiger partial charge is 0.444 e. The summed E-state index contributed by atoms with van der Waals surface area (Å²) in [5.41, 5.74) is 1.13. The van der Waals surface area contributed by atoms with E-state index in [-0.39, 0.29) is 31.2 Å². The van der Waals surface area contributed by atoms with Crippen LogP contribution < -0.4 is 10.6 Å². The Balaban J connectivity index is 1.60. The molecule has 226 valence electrons. The molecule has 1 atom stereocenters. The Labute approximate surface area is 243 Å². The summed E-state index contributed by atoms with van der Waals surface area (Å²) >= 11 is 0. The Kier molecular flexibility index (Phi) is 8.79. The zero-order valence-electron chi connectivity index (χ0n) is 24.8. The normalized spacial score (nSPS) is 14.1. The lowest BCUT2D eigenvalue weighted by atomic mass is 9.97. The van der Waals surface area contributed by atoms with E-state index >= 15 is 0 Å². The molecule has 0 saturated carbocycles. The third kappa shape index (κ3) is 7.77. The number of fused-ring (bicyclic) bond motifs is 5. The molecule has 0 bridgehead atoms. The predicted molar refractivity (Wildman–Crippen MR) is 155 cm³/mol. The average molecular weight is 585 g/mol. The average Bonchev–Trinajstić information content (AvgIpc) is 3.17. The number of nitrogens with zero attached hydrogens (tertiary/aromatic N) is 1. The summed E-state index contributed by atoms with van der Waals surface area (Å²) in [5, 5.41) is 6.06. The van der Waals surface area contributed by atoms with E-state index in [1.807, 2.05) is 0 Å². The number of nitrogens with one attached hydrogen (secondary N) is 3. The number of halogens is 2.